The minimum atomic E-state index is -0.850. The van der Waals surface area contributed by atoms with Crippen molar-refractivity contribution in [1.82, 2.24) is 0 Å². The second-order valence-corrected chi connectivity index (χ2v) is 8.42. The summed E-state index contributed by atoms with van der Waals surface area (Å²) in [5, 5.41) is 0. The molecule has 2 aliphatic rings. The van der Waals surface area contributed by atoms with Crippen LogP contribution in [0.25, 0.3) is 0 Å². The molecule has 0 aliphatic heterocycles. The summed E-state index contributed by atoms with van der Waals surface area (Å²) in [5.74, 6) is -2.28. The van der Waals surface area contributed by atoms with Crippen molar-refractivity contribution in [1.29, 1.82) is 0 Å². The van der Waals surface area contributed by atoms with Crippen LogP contribution in [0.2, 0.25) is 0 Å². The maximum atomic E-state index is 14.3. The number of benzene rings is 2. The number of allylic oxidation sites excluding steroid dienone is 2. The highest BCUT2D eigenvalue weighted by Crippen LogP contribution is 2.54. The predicted octanol–water partition coefficient (Wildman–Crippen LogP) is 7.44. The van der Waals surface area contributed by atoms with Gasteiger partial charge in [-0.05, 0) is 90.7 Å². The predicted molar refractivity (Wildman–Crippen MR) is 107 cm³/mol. The molecule has 2 aromatic rings. The molecule has 4 rings (SSSR count). The number of halogens is 4. The smallest absolute Gasteiger partial charge is 0.159 e. The van der Waals surface area contributed by atoms with Crippen molar-refractivity contribution in [2.45, 2.75) is 57.3 Å². The van der Waals surface area contributed by atoms with Crippen molar-refractivity contribution in [2.75, 3.05) is 0 Å². The Labute approximate surface area is 169 Å². The van der Waals surface area contributed by atoms with Crippen molar-refractivity contribution in [2.24, 2.45) is 11.8 Å². The summed E-state index contributed by atoms with van der Waals surface area (Å²) in [6.07, 6.45) is 9.45. The molecule has 1 saturated carbocycles. The highest BCUT2D eigenvalue weighted by Gasteiger charge is 2.43. The van der Waals surface area contributed by atoms with E-state index in [-0.39, 0.29) is 23.7 Å². The van der Waals surface area contributed by atoms with E-state index in [9.17, 15) is 17.6 Å². The standard InChI is InChI=1S/C25H26F4/c1-2-3-4-5-15-6-8-18-20(25(15)16-7-11-22(27)24(29)12-16)10-9-19-21(18)13-17(26)14-23(19)28/h4-5,7,11-15,18,20,25H,2-3,6,8-10H2,1H3/t15-,18-,20+,25-/m1/s1. The quantitative estimate of drug-likeness (QED) is 0.368. The molecule has 0 amide bonds. The first kappa shape index (κ1) is 20.2. The van der Waals surface area contributed by atoms with Gasteiger partial charge < -0.3 is 0 Å². The van der Waals surface area contributed by atoms with Crippen LogP contribution in [0.5, 0.6) is 0 Å². The number of rotatable bonds is 4. The Kier molecular flexibility index (Phi) is 5.80. The van der Waals surface area contributed by atoms with Gasteiger partial charge in [-0.15, -0.1) is 0 Å². The van der Waals surface area contributed by atoms with Crippen molar-refractivity contribution >= 4 is 0 Å². The van der Waals surface area contributed by atoms with Gasteiger partial charge in [0.1, 0.15) is 11.6 Å². The van der Waals surface area contributed by atoms with Gasteiger partial charge in [0.25, 0.3) is 0 Å². The van der Waals surface area contributed by atoms with Crippen LogP contribution < -0.4 is 0 Å². The van der Waals surface area contributed by atoms with Crippen LogP contribution in [0.1, 0.15) is 67.6 Å². The molecule has 0 heterocycles. The molecule has 29 heavy (non-hydrogen) atoms. The van der Waals surface area contributed by atoms with Gasteiger partial charge in [-0.2, -0.15) is 0 Å². The molecule has 0 spiro atoms. The van der Waals surface area contributed by atoms with E-state index in [0.29, 0.717) is 12.0 Å². The first-order valence-electron chi connectivity index (χ1n) is 10.6. The average molecular weight is 402 g/mol. The fourth-order valence-corrected chi connectivity index (χ4v) is 5.50. The van der Waals surface area contributed by atoms with E-state index >= 15 is 0 Å². The molecular weight excluding hydrogens is 376 g/mol. The van der Waals surface area contributed by atoms with E-state index in [1.165, 1.54) is 18.2 Å². The van der Waals surface area contributed by atoms with E-state index in [2.05, 4.69) is 19.1 Å². The lowest BCUT2D eigenvalue weighted by Crippen LogP contribution is -2.35. The van der Waals surface area contributed by atoms with Crippen molar-refractivity contribution < 1.29 is 17.6 Å². The van der Waals surface area contributed by atoms with Gasteiger partial charge in [-0.25, -0.2) is 17.6 Å². The van der Waals surface area contributed by atoms with Crippen LogP contribution in [0.15, 0.2) is 42.5 Å². The molecule has 0 saturated heterocycles. The molecule has 0 nitrogen and oxygen atoms in total. The van der Waals surface area contributed by atoms with E-state index < -0.39 is 23.3 Å². The molecule has 0 N–H and O–H groups in total. The zero-order valence-electron chi connectivity index (χ0n) is 16.6. The minimum absolute atomic E-state index is 0.0106. The van der Waals surface area contributed by atoms with E-state index in [4.69, 9.17) is 0 Å². The third kappa shape index (κ3) is 3.86. The summed E-state index contributed by atoms with van der Waals surface area (Å²) in [6.45, 7) is 2.12. The Morgan fingerprint density at radius 1 is 0.931 bits per heavy atom. The van der Waals surface area contributed by atoms with Crippen LogP contribution in [0.4, 0.5) is 17.6 Å². The fraction of sp³-hybridized carbons (Fsp3) is 0.440. The Hall–Kier alpha value is -2.10. The molecule has 4 atom stereocenters. The van der Waals surface area contributed by atoms with Crippen LogP contribution in [-0.4, -0.2) is 0 Å². The first-order valence-corrected chi connectivity index (χ1v) is 10.6. The lowest BCUT2D eigenvalue weighted by atomic mass is 9.58. The SMILES string of the molecule is CCCC=C[C@@H]1CC[C@H]2c3cc(F)cc(F)c3CC[C@@H]2[C@H]1c1ccc(F)c(F)c1. The second-order valence-electron chi connectivity index (χ2n) is 8.42. The van der Waals surface area contributed by atoms with Gasteiger partial charge in [0.15, 0.2) is 11.6 Å². The van der Waals surface area contributed by atoms with Gasteiger partial charge >= 0.3 is 0 Å². The third-order valence-corrected chi connectivity index (χ3v) is 6.74. The molecule has 0 unspecified atom stereocenters. The largest absolute Gasteiger partial charge is 0.207 e. The number of hydrogen-bond acceptors (Lipinski definition) is 0. The third-order valence-electron chi connectivity index (χ3n) is 6.74. The monoisotopic (exact) mass is 402 g/mol. The first-order chi connectivity index (χ1) is 14.0. The van der Waals surface area contributed by atoms with Crippen LogP contribution >= 0.6 is 0 Å². The molecule has 0 radical (unpaired) electrons. The van der Waals surface area contributed by atoms with E-state index in [1.54, 1.807) is 6.07 Å². The number of hydrogen-bond donors (Lipinski definition) is 0. The molecule has 154 valence electrons. The van der Waals surface area contributed by atoms with Gasteiger partial charge in [0.2, 0.25) is 0 Å². The summed E-state index contributed by atoms with van der Waals surface area (Å²) in [6, 6.07) is 6.62. The molecule has 0 aromatic heterocycles. The van der Waals surface area contributed by atoms with Crippen molar-refractivity contribution in [3.8, 4) is 0 Å². The van der Waals surface area contributed by atoms with Crippen molar-refractivity contribution in [3.05, 3.63) is 82.4 Å². The molecule has 2 aromatic carbocycles. The molecule has 2 aliphatic carbocycles. The zero-order valence-corrected chi connectivity index (χ0v) is 16.6. The number of fused-ring (bicyclic) bond motifs is 3. The molecular formula is C25H26F4. The molecule has 4 heteroatoms. The Morgan fingerprint density at radius 3 is 2.52 bits per heavy atom. The topological polar surface area (TPSA) is 0 Å². The lowest BCUT2D eigenvalue weighted by molar-refractivity contribution is 0.193. The van der Waals surface area contributed by atoms with Gasteiger partial charge in [0, 0.05) is 6.07 Å². The summed E-state index contributed by atoms with van der Waals surface area (Å²) >= 11 is 0. The van der Waals surface area contributed by atoms with Gasteiger partial charge in [-0.1, -0.05) is 31.6 Å². The average Bonchev–Trinajstić information content (AvgIpc) is 2.69. The van der Waals surface area contributed by atoms with Crippen LogP contribution in [0.3, 0.4) is 0 Å². The number of unbranched alkanes of at least 4 members (excludes halogenated alkanes) is 1. The summed E-state index contributed by atoms with van der Waals surface area (Å²) in [5.41, 5.74) is 2.17. The zero-order chi connectivity index (χ0) is 20.5. The maximum Gasteiger partial charge on any atom is 0.159 e. The van der Waals surface area contributed by atoms with Gasteiger partial charge in [0.05, 0.1) is 0 Å². The summed E-state index contributed by atoms with van der Waals surface area (Å²) in [7, 11) is 0. The highest BCUT2D eigenvalue weighted by molar-refractivity contribution is 5.38. The maximum absolute atomic E-state index is 14.3. The molecule has 0 bridgehead atoms. The fourth-order valence-electron chi connectivity index (χ4n) is 5.50. The van der Waals surface area contributed by atoms with E-state index in [0.717, 1.165) is 49.3 Å². The second kappa shape index (κ2) is 8.33. The summed E-state index contributed by atoms with van der Waals surface area (Å²) < 4.78 is 55.9. The van der Waals surface area contributed by atoms with Crippen molar-refractivity contribution in [3.63, 3.8) is 0 Å². The normalized spacial score (nSPS) is 26.4. The minimum Gasteiger partial charge on any atom is -0.207 e. The lowest BCUT2D eigenvalue weighted by Gasteiger charge is -2.46. The van der Waals surface area contributed by atoms with E-state index in [1.807, 2.05) is 0 Å². The van der Waals surface area contributed by atoms with Gasteiger partial charge in [-0.3, -0.25) is 0 Å². The van der Waals surface area contributed by atoms with Crippen LogP contribution in [0, 0.1) is 35.1 Å². The Morgan fingerprint density at radius 2 is 1.76 bits per heavy atom. The van der Waals surface area contributed by atoms with Crippen LogP contribution in [-0.2, 0) is 6.42 Å². The Balaban J connectivity index is 1.75. The molecule has 1 fully saturated rings. The Bertz CT molecular complexity index is 917. The summed E-state index contributed by atoms with van der Waals surface area (Å²) in [4.78, 5) is 0. The highest BCUT2D eigenvalue weighted by atomic mass is 19.2.